The summed E-state index contributed by atoms with van der Waals surface area (Å²) in [6, 6.07) is 4.81. The Morgan fingerprint density at radius 1 is 1.15 bits per heavy atom. The number of nitrogens with one attached hydrogen (secondary N) is 1. The lowest BCUT2D eigenvalue weighted by molar-refractivity contribution is -0.116. The molecule has 2 amide bonds. The first kappa shape index (κ1) is 30.4. The number of benzene rings is 1. The predicted octanol–water partition coefficient (Wildman–Crippen LogP) is 3.27. The van der Waals surface area contributed by atoms with E-state index < -0.39 is 5.41 Å². The highest BCUT2D eigenvalue weighted by molar-refractivity contribution is 5.95. The number of hydrogen-bond donors (Lipinski definition) is 2. The molecular formula is C34H35FN8O5. The van der Waals surface area contributed by atoms with Crippen LogP contribution in [0.2, 0.25) is 0 Å². The molecule has 48 heavy (non-hydrogen) atoms. The number of carbonyl (C=O) groups is 2. The van der Waals surface area contributed by atoms with Crippen LogP contribution in [-0.4, -0.2) is 77.3 Å². The molecule has 2 fully saturated rings. The second kappa shape index (κ2) is 11.6. The van der Waals surface area contributed by atoms with Gasteiger partial charge in [0.15, 0.2) is 17.3 Å². The van der Waals surface area contributed by atoms with Crippen LogP contribution in [0.4, 0.5) is 10.1 Å². The number of aromatic nitrogens is 6. The van der Waals surface area contributed by atoms with E-state index in [0.717, 1.165) is 24.1 Å². The Morgan fingerprint density at radius 2 is 1.96 bits per heavy atom. The maximum atomic E-state index is 14.8. The molecule has 2 N–H and O–H groups in total. The third-order valence-corrected chi connectivity index (χ3v) is 10.3. The number of rotatable bonds is 6. The summed E-state index contributed by atoms with van der Waals surface area (Å²) < 4.78 is 23.3. The van der Waals surface area contributed by atoms with Gasteiger partial charge in [0.2, 0.25) is 11.7 Å². The number of nitrogens with zero attached hydrogens (tertiary/aromatic N) is 7. The highest BCUT2D eigenvalue weighted by Gasteiger charge is 2.46. The molecule has 4 aliphatic rings. The molecule has 2 aliphatic heterocycles. The van der Waals surface area contributed by atoms with Crippen LogP contribution in [0.3, 0.4) is 0 Å². The van der Waals surface area contributed by atoms with Crippen molar-refractivity contribution in [3.8, 4) is 5.75 Å². The zero-order chi connectivity index (χ0) is 33.2. The predicted molar refractivity (Wildman–Crippen MR) is 171 cm³/mol. The summed E-state index contributed by atoms with van der Waals surface area (Å²) in [4.78, 5) is 55.5. The van der Waals surface area contributed by atoms with Crippen molar-refractivity contribution in [3.05, 3.63) is 80.8 Å². The molecule has 1 spiro atoms. The molecule has 0 atom stereocenters. The van der Waals surface area contributed by atoms with Gasteiger partial charge in [-0.15, -0.1) is 5.10 Å². The number of aryl methyl sites for hydroxylation is 1. The van der Waals surface area contributed by atoms with Crippen molar-refractivity contribution in [1.29, 1.82) is 0 Å². The number of ether oxygens (including phenoxy) is 1. The minimum absolute atomic E-state index is 0.0417. The molecule has 5 heterocycles. The van der Waals surface area contributed by atoms with Gasteiger partial charge in [-0.05, 0) is 81.1 Å². The summed E-state index contributed by atoms with van der Waals surface area (Å²) >= 11 is 0. The fraction of sp³-hybridized carbons (Fsp3) is 0.441. The molecule has 0 radical (unpaired) electrons. The number of aromatic hydroxyl groups is 1. The van der Waals surface area contributed by atoms with Gasteiger partial charge in [0.25, 0.3) is 11.5 Å². The number of carbonyl (C=O) groups excluding carboxylic acids is 2. The first-order chi connectivity index (χ1) is 23.2. The first-order valence-corrected chi connectivity index (χ1v) is 16.4. The largest absolute Gasteiger partial charge is 0.504 e. The van der Waals surface area contributed by atoms with Crippen LogP contribution in [0.15, 0.2) is 35.4 Å². The number of anilines is 1. The molecule has 8 rings (SSSR count). The molecule has 1 saturated carbocycles. The third-order valence-electron chi connectivity index (χ3n) is 10.3. The molecule has 1 saturated heterocycles. The standard InChI is InChI=1S/C34H35FN8O5/c1-19-29(45)28(37-18-36-19)32(47)41-12-10-34(11-13-41)9-6-25-27(34)31(46)43-33(39-30(40-43)21-7-14-48-15-8-21)42(25)17-26(44)38-22-4-5-23(20-2-3-20)24(35)16-22/h4-5,7,16,18,20,45H,2-3,6,8-15,17H2,1H3,(H,38,44). The van der Waals surface area contributed by atoms with E-state index in [4.69, 9.17) is 9.72 Å². The normalized spacial score (nSPS) is 18.6. The molecular weight excluding hydrogens is 619 g/mol. The van der Waals surface area contributed by atoms with E-state index in [1.54, 1.807) is 28.5 Å². The van der Waals surface area contributed by atoms with Crippen LogP contribution in [0, 0.1) is 12.7 Å². The van der Waals surface area contributed by atoms with Gasteiger partial charge in [0.1, 0.15) is 18.7 Å². The average Bonchev–Trinajstić information content (AvgIpc) is 3.72. The fourth-order valence-corrected chi connectivity index (χ4v) is 7.49. The lowest BCUT2D eigenvalue weighted by Crippen LogP contribution is -2.46. The summed E-state index contributed by atoms with van der Waals surface area (Å²) in [6.07, 6.45) is 7.94. The molecule has 4 aromatic rings. The van der Waals surface area contributed by atoms with Crippen molar-refractivity contribution in [2.45, 2.75) is 69.7 Å². The summed E-state index contributed by atoms with van der Waals surface area (Å²) in [5.41, 5.74) is 2.69. The van der Waals surface area contributed by atoms with Gasteiger partial charge in [0.05, 0.1) is 18.9 Å². The second-order valence-electron chi connectivity index (χ2n) is 13.2. The molecule has 3 aromatic heterocycles. The van der Waals surface area contributed by atoms with Gasteiger partial charge in [-0.3, -0.25) is 14.4 Å². The van der Waals surface area contributed by atoms with E-state index in [1.165, 1.54) is 16.9 Å². The Labute approximate surface area is 274 Å². The molecule has 0 unspecified atom stereocenters. The van der Waals surface area contributed by atoms with Gasteiger partial charge in [-0.25, -0.2) is 14.4 Å². The van der Waals surface area contributed by atoms with Crippen molar-refractivity contribution in [2.75, 3.05) is 31.6 Å². The number of likely N-dealkylation sites (tertiary alicyclic amines) is 1. The quantitative estimate of drug-likeness (QED) is 0.319. The summed E-state index contributed by atoms with van der Waals surface area (Å²) in [7, 11) is 0. The molecule has 13 nitrogen and oxygen atoms in total. The van der Waals surface area contributed by atoms with Gasteiger partial charge in [0, 0.05) is 35.4 Å². The number of fused-ring (bicyclic) bond motifs is 3. The zero-order valence-electron chi connectivity index (χ0n) is 26.5. The molecule has 2 aliphatic carbocycles. The highest BCUT2D eigenvalue weighted by atomic mass is 19.1. The maximum Gasteiger partial charge on any atom is 0.279 e. The topological polar surface area (TPSA) is 157 Å². The van der Waals surface area contributed by atoms with Crippen molar-refractivity contribution >= 4 is 28.9 Å². The van der Waals surface area contributed by atoms with E-state index in [2.05, 4.69) is 20.4 Å². The summed E-state index contributed by atoms with van der Waals surface area (Å²) in [5.74, 6) is -0.390. The fourth-order valence-electron chi connectivity index (χ4n) is 7.49. The van der Waals surface area contributed by atoms with Crippen molar-refractivity contribution < 1.29 is 23.8 Å². The monoisotopic (exact) mass is 654 g/mol. The van der Waals surface area contributed by atoms with Crippen LogP contribution < -0.4 is 10.9 Å². The molecule has 0 bridgehead atoms. The lowest BCUT2D eigenvalue weighted by Gasteiger charge is -2.39. The minimum Gasteiger partial charge on any atom is -0.504 e. The van der Waals surface area contributed by atoms with E-state index in [-0.39, 0.29) is 52.9 Å². The third kappa shape index (κ3) is 5.14. The Balaban J connectivity index is 1.13. The Kier molecular flexibility index (Phi) is 7.35. The van der Waals surface area contributed by atoms with E-state index in [1.807, 2.05) is 6.08 Å². The summed E-state index contributed by atoms with van der Waals surface area (Å²) in [5, 5.41) is 17.9. The molecule has 1 aromatic carbocycles. The van der Waals surface area contributed by atoms with Gasteiger partial charge in [-0.2, -0.15) is 9.50 Å². The van der Waals surface area contributed by atoms with Gasteiger partial charge in [-0.1, -0.05) is 12.1 Å². The second-order valence-corrected chi connectivity index (χ2v) is 13.2. The maximum absolute atomic E-state index is 14.8. The van der Waals surface area contributed by atoms with Gasteiger partial charge >= 0.3 is 0 Å². The van der Waals surface area contributed by atoms with Crippen LogP contribution in [0.25, 0.3) is 11.4 Å². The van der Waals surface area contributed by atoms with E-state index in [0.29, 0.717) is 86.7 Å². The zero-order valence-corrected chi connectivity index (χ0v) is 26.5. The number of piperidine rings is 1. The Bertz CT molecular complexity index is 2080. The number of amides is 2. The van der Waals surface area contributed by atoms with Crippen LogP contribution in [0.1, 0.15) is 83.3 Å². The Hall–Kier alpha value is -4.98. The van der Waals surface area contributed by atoms with Crippen LogP contribution in [0.5, 0.6) is 5.75 Å². The SMILES string of the molecule is Cc1ncnc(C(=O)N2CCC3(CCc4c3c(=O)n3nc(C5=CCOCC5)nc3n4CC(=O)Nc3ccc(C4CC4)c(F)c3)CC2)c1O. The van der Waals surface area contributed by atoms with Crippen LogP contribution in [-0.2, 0) is 27.9 Å². The smallest absolute Gasteiger partial charge is 0.279 e. The average molecular weight is 655 g/mol. The van der Waals surface area contributed by atoms with Crippen molar-refractivity contribution in [1.82, 2.24) is 34.0 Å². The van der Waals surface area contributed by atoms with Crippen molar-refractivity contribution in [3.63, 3.8) is 0 Å². The first-order valence-electron chi connectivity index (χ1n) is 16.4. The Morgan fingerprint density at radius 3 is 2.69 bits per heavy atom. The minimum atomic E-state index is -0.537. The highest BCUT2D eigenvalue weighted by Crippen LogP contribution is 2.45. The lowest BCUT2D eigenvalue weighted by atomic mass is 9.74. The summed E-state index contributed by atoms with van der Waals surface area (Å²) in [6.45, 7) is 3.12. The number of hydrogen-bond acceptors (Lipinski definition) is 9. The van der Waals surface area contributed by atoms with E-state index in [9.17, 15) is 23.9 Å². The van der Waals surface area contributed by atoms with Gasteiger partial charge < -0.3 is 24.6 Å². The van der Waals surface area contributed by atoms with Crippen molar-refractivity contribution in [2.24, 2.45) is 0 Å². The van der Waals surface area contributed by atoms with Crippen LogP contribution >= 0.6 is 0 Å². The molecule has 248 valence electrons. The number of halogens is 1. The van der Waals surface area contributed by atoms with E-state index >= 15 is 0 Å². The molecule has 14 heteroatoms.